The van der Waals surface area contributed by atoms with Crippen LogP contribution in [-0.4, -0.2) is 5.71 Å². The smallest absolute Gasteiger partial charge is 0.0443 e. The van der Waals surface area contributed by atoms with Crippen LogP contribution < -0.4 is 0 Å². The normalized spacial score (nSPS) is 14.6. The minimum atomic E-state index is 0.628. The molecule has 0 heterocycles. The molecule has 1 nitrogen and oxygen atoms in total. The molecule has 0 radical (unpaired) electrons. The molecule has 1 heteroatoms. The summed E-state index contributed by atoms with van der Waals surface area (Å²) in [6.07, 6.45) is 10.7. The number of hydrogen-bond acceptors (Lipinski definition) is 1. The summed E-state index contributed by atoms with van der Waals surface area (Å²) in [5, 5.41) is 0. The van der Waals surface area contributed by atoms with Crippen molar-refractivity contribution in [2.24, 2.45) is 10.9 Å². The van der Waals surface area contributed by atoms with E-state index in [2.05, 4.69) is 64.8 Å². The van der Waals surface area contributed by atoms with E-state index in [4.69, 9.17) is 0 Å². The van der Waals surface area contributed by atoms with Crippen molar-refractivity contribution in [1.82, 2.24) is 0 Å². The Labute approximate surface area is 107 Å². The zero-order valence-corrected chi connectivity index (χ0v) is 12.2. The van der Waals surface area contributed by atoms with Gasteiger partial charge in [-0.1, -0.05) is 51.0 Å². The van der Waals surface area contributed by atoms with Gasteiger partial charge < -0.3 is 0 Å². The highest BCUT2D eigenvalue weighted by Gasteiger charge is 2.00. The van der Waals surface area contributed by atoms with Gasteiger partial charge in [0.05, 0.1) is 0 Å². The monoisotopic (exact) mass is 233 g/mol. The number of rotatable bonds is 6. The summed E-state index contributed by atoms with van der Waals surface area (Å²) < 4.78 is 0. The van der Waals surface area contributed by atoms with E-state index in [1.54, 1.807) is 0 Å². The maximum absolute atomic E-state index is 4.47. The molecule has 0 saturated heterocycles. The largest absolute Gasteiger partial charge is 0.261 e. The van der Waals surface area contributed by atoms with Crippen LogP contribution in [0.25, 0.3) is 0 Å². The van der Waals surface area contributed by atoms with E-state index in [1.807, 2.05) is 6.20 Å². The van der Waals surface area contributed by atoms with E-state index < -0.39 is 0 Å². The number of hydrogen-bond donors (Lipinski definition) is 0. The molecule has 0 aromatic carbocycles. The molecule has 0 aliphatic heterocycles. The summed E-state index contributed by atoms with van der Waals surface area (Å²) in [6, 6.07) is 0. The van der Waals surface area contributed by atoms with Gasteiger partial charge in [-0.15, -0.1) is 0 Å². The van der Waals surface area contributed by atoms with E-state index in [0.29, 0.717) is 5.92 Å². The van der Waals surface area contributed by atoms with Gasteiger partial charge in [-0.05, 0) is 38.7 Å². The van der Waals surface area contributed by atoms with Gasteiger partial charge >= 0.3 is 0 Å². The molecule has 17 heavy (non-hydrogen) atoms. The average molecular weight is 233 g/mol. The molecule has 0 bridgehead atoms. The van der Waals surface area contributed by atoms with Gasteiger partial charge in [0.15, 0.2) is 0 Å². The third kappa shape index (κ3) is 6.93. The first-order valence-corrected chi connectivity index (χ1v) is 6.58. The summed E-state index contributed by atoms with van der Waals surface area (Å²) in [4.78, 5) is 4.47. The zero-order chi connectivity index (χ0) is 13.3. The second-order valence-electron chi connectivity index (χ2n) is 4.67. The van der Waals surface area contributed by atoms with Crippen molar-refractivity contribution in [2.45, 2.75) is 54.4 Å². The van der Waals surface area contributed by atoms with Gasteiger partial charge in [-0.2, -0.15) is 0 Å². The lowest BCUT2D eigenvalue weighted by atomic mass is 10.0. The maximum Gasteiger partial charge on any atom is 0.0443 e. The molecule has 0 saturated carbocycles. The Morgan fingerprint density at radius 3 is 2.29 bits per heavy atom. The summed E-state index contributed by atoms with van der Waals surface area (Å²) in [6.45, 7) is 12.9. The fourth-order valence-corrected chi connectivity index (χ4v) is 1.39. The van der Waals surface area contributed by atoms with Gasteiger partial charge in [-0.3, -0.25) is 4.99 Å². The molecule has 0 aromatic rings. The van der Waals surface area contributed by atoms with Crippen molar-refractivity contribution in [3.05, 3.63) is 35.6 Å². The standard InChI is InChI=1S/C16H27N/c1-7-9-12-17-15(6)16(13(3)4)11-10-14(5)8-2/h9-12,14H,7-8H2,1-6H3/b11-10-,12-9+,17-15?. The predicted octanol–water partition coefficient (Wildman–Crippen LogP) is 5.31. The van der Waals surface area contributed by atoms with Gasteiger partial charge in [0.1, 0.15) is 0 Å². The van der Waals surface area contributed by atoms with Gasteiger partial charge in [0.25, 0.3) is 0 Å². The fourth-order valence-electron chi connectivity index (χ4n) is 1.39. The van der Waals surface area contributed by atoms with Crippen LogP contribution in [0.15, 0.2) is 40.6 Å². The molecule has 0 aliphatic rings. The SMILES string of the molecule is CC/C=C/N=C(C)C(/C=C\C(C)CC)=C(C)C. The first-order chi connectivity index (χ1) is 8.02. The molecule has 0 aromatic heterocycles. The molecule has 96 valence electrons. The van der Waals surface area contributed by atoms with Crippen LogP contribution in [0, 0.1) is 5.92 Å². The highest BCUT2D eigenvalue weighted by Crippen LogP contribution is 2.11. The molecule has 0 fully saturated rings. The molecular formula is C16H27N. The summed E-state index contributed by atoms with van der Waals surface area (Å²) in [7, 11) is 0. The summed E-state index contributed by atoms with van der Waals surface area (Å²) in [5.41, 5.74) is 3.66. The second-order valence-corrected chi connectivity index (χ2v) is 4.67. The molecule has 0 spiro atoms. The van der Waals surface area contributed by atoms with Crippen molar-refractivity contribution in [1.29, 1.82) is 0 Å². The Kier molecular flexibility index (Phi) is 8.39. The van der Waals surface area contributed by atoms with Crippen LogP contribution in [0.2, 0.25) is 0 Å². The Morgan fingerprint density at radius 2 is 1.82 bits per heavy atom. The van der Waals surface area contributed by atoms with E-state index in [9.17, 15) is 0 Å². The highest BCUT2D eigenvalue weighted by molar-refractivity contribution is 6.01. The minimum absolute atomic E-state index is 0.628. The van der Waals surface area contributed by atoms with E-state index in [-0.39, 0.29) is 0 Å². The van der Waals surface area contributed by atoms with Gasteiger partial charge in [-0.25, -0.2) is 0 Å². The third-order valence-corrected chi connectivity index (χ3v) is 2.77. The predicted molar refractivity (Wildman–Crippen MR) is 79.5 cm³/mol. The molecule has 1 unspecified atom stereocenters. The van der Waals surface area contributed by atoms with Crippen LogP contribution >= 0.6 is 0 Å². The molecular weight excluding hydrogens is 206 g/mol. The molecule has 1 atom stereocenters. The van der Waals surface area contributed by atoms with E-state index in [0.717, 1.165) is 12.1 Å². The lowest BCUT2D eigenvalue weighted by molar-refractivity contribution is 0.698. The van der Waals surface area contributed by atoms with Crippen molar-refractivity contribution >= 4 is 5.71 Å². The van der Waals surface area contributed by atoms with Crippen LogP contribution in [0.1, 0.15) is 54.4 Å². The van der Waals surface area contributed by atoms with E-state index in [1.165, 1.54) is 17.6 Å². The lowest BCUT2D eigenvalue weighted by Gasteiger charge is -2.06. The Bertz CT molecular complexity index is 325. The van der Waals surface area contributed by atoms with Crippen LogP contribution in [0.4, 0.5) is 0 Å². The van der Waals surface area contributed by atoms with Crippen molar-refractivity contribution < 1.29 is 0 Å². The fraction of sp³-hybridized carbons (Fsp3) is 0.562. The van der Waals surface area contributed by atoms with Crippen LogP contribution in [-0.2, 0) is 0 Å². The Morgan fingerprint density at radius 1 is 1.18 bits per heavy atom. The Balaban J connectivity index is 4.90. The maximum atomic E-state index is 4.47. The molecule has 0 amide bonds. The van der Waals surface area contributed by atoms with Crippen LogP contribution in [0.5, 0.6) is 0 Å². The molecule has 0 N–H and O–H groups in total. The number of nitrogens with zero attached hydrogens (tertiary/aromatic N) is 1. The topological polar surface area (TPSA) is 12.4 Å². The van der Waals surface area contributed by atoms with Crippen molar-refractivity contribution in [3.8, 4) is 0 Å². The van der Waals surface area contributed by atoms with Gasteiger partial charge in [0, 0.05) is 11.9 Å². The average Bonchev–Trinajstić information content (AvgIpc) is 2.28. The summed E-state index contributed by atoms with van der Waals surface area (Å²) in [5.74, 6) is 0.628. The lowest BCUT2D eigenvalue weighted by Crippen LogP contribution is -1.97. The number of allylic oxidation sites excluding steroid dienone is 5. The van der Waals surface area contributed by atoms with Crippen LogP contribution in [0.3, 0.4) is 0 Å². The second kappa shape index (κ2) is 8.98. The zero-order valence-electron chi connectivity index (χ0n) is 12.2. The van der Waals surface area contributed by atoms with Crippen molar-refractivity contribution in [3.63, 3.8) is 0 Å². The molecule has 0 aliphatic carbocycles. The summed E-state index contributed by atoms with van der Waals surface area (Å²) >= 11 is 0. The Hall–Kier alpha value is -1.11. The van der Waals surface area contributed by atoms with Crippen molar-refractivity contribution in [2.75, 3.05) is 0 Å². The number of aliphatic imine (C=N–C) groups is 1. The third-order valence-electron chi connectivity index (χ3n) is 2.77. The quantitative estimate of drug-likeness (QED) is 0.435. The first kappa shape index (κ1) is 15.9. The minimum Gasteiger partial charge on any atom is -0.261 e. The first-order valence-electron chi connectivity index (χ1n) is 6.58. The molecule has 0 rings (SSSR count). The van der Waals surface area contributed by atoms with Gasteiger partial charge in [0.2, 0.25) is 0 Å². The van der Waals surface area contributed by atoms with E-state index >= 15 is 0 Å². The highest BCUT2D eigenvalue weighted by atomic mass is 14.7.